The summed E-state index contributed by atoms with van der Waals surface area (Å²) in [5, 5.41) is 13.1. The zero-order valence-corrected chi connectivity index (χ0v) is 11.0. The number of alkyl halides is 3. The lowest BCUT2D eigenvalue weighted by molar-refractivity contribution is -0.185. The molecule has 1 aliphatic rings. The third-order valence-electron chi connectivity index (χ3n) is 3.23. The lowest BCUT2D eigenvalue weighted by Crippen LogP contribution is -2.60. The molecule has 0 unspecified atom stereocenters. The van der Waals surface area contributed by atoms with Crippen molar-refractivity contribution >= 4 is 11.7 Å². The molecule has 21 heavy (non-hydrogen) atoms. The highest BCUT2D eigenvalue weighted by atomic mass is 19.4. The van der Waals surface area contributed by atoms with Gasteiger partial charge in [0.25, 0.3) is 5.91 Å². The number of pyridine rings is 1. The van der Waals surface area contributed by atoms with Gasteiger partial charge >= 0.3 is 6.18 Å². The molecule has 2 atom stereocenters. The number of nitriles is 1. The van der Waals surface area contributed by atoms with Gasteiger partial charge in [-0.3, -0.25) is 4.79 Å². The maximum atomic E-state index is 13.5. The Kier molecular flexibility index (Phi) is 3.37. The first-order valence-corrected chi connectivity index (χ1v) is 5.90. The van der Waals surface area contributed by atoms with Crippen LogP contribution in [0.2, 0.25) is 0 Å². The van der Waals surface area contributed by atoms with Crippen LogP contribution in [0.3, 0.4) is 0 Å². The van der Waals surface area contributed by atoms with Gasteiger partial charge in [0.05, 0.1) is 6.07 Å². The molecule has 1 aromatic rings. The molecule has 0 radical (unpaired) electrons. The Bertz CT molecular complexity index is 632. The summed E-state index contributed by atoms with van der Waals surface area (Å²) < 4.78 is 40.5. The Hall–Kier alpha value is -2.56. The fraction of sp³-hybridized carbons (Fsp3) is 0.308. The van der Waals surface area contributed by atoms with Crippen molar-refractivity contribution in [1.29, 1.82) is 5.26 Å². The van der Waals surface area contributed by atoms with E-state index in [9.17, 15) is 18.0 Å². The van der Waals surface area contributed by atoms with Gasteiger partial charge in [-0.2, -0.15) is 18.4 Å². The van der Waals surface area contributed by atoms with Crippen LogP contribution in [-0.2, 0) is 4.79 Å². The summed E-state index contributed by atoms with van der Waals surface area (Å²) in [6.45, 7) is 5.03. The molecule has 8 heteroatoms. The van der Waals surface area contributed by atoms with Gasteiger partial charge in [0.2, 0.25) is 5.54 Å². The third kappa shape index (κ3) is 2.20. The number of amides is 1. The van der Waals surface area contributed by atoms with Crippen LogP contribution >= 0.6 is 0 Å². The molecule has 110 valence electrons. The van der Waals surface area contributed by atoms with Crippen LogP contribution in [-0.4, -0.2) is 22.6 Å². The monoisotopic (exact) mass is 296 g/mol. The summed E-state index contributed by atoms with van der Waals surface area (Å²) in [6, 6.07) is 4.34. The lowest BCUT2D eigenvalue weighted by Gasteiger charge is -2.32. The number of carbonyl (C=O) groups excluding carboxylic acids is 1. The number of rotatable bonds is 2. The predicted molar refractivity (Wildman–Crippen MR) is 67.8 cm³/mol. The second kappa shape index (κ2) is 4.77. The van der Waals surface area contributed by atoms with Gasteiger partial charge in [-0.25, -0.2) is 4.98 Å². The van der Waals surface area contributed by atoms with E-state index in [2.05, 4.69) is 16.9 Å². The van der Waals surface area contributed by atoms with E-state index in [1.54, 1.807) is 13.0 Å². The molecular formula is C13H11F3N4O. The first-order chi connectivity index (χ1) is 9.72. The largest absolute Gasteiger partial charge is 0.422 e. The van der Waals surface area contributed by atoms with Crippen LogP contribution in [0.5, 0.6) is 0 Å². The van der Waals surface area contributed by atoms with Crippen molar-refractivity contribution in [3.63, 3.8) is 0 Å². The average Bonchev–Trinajstić information content (AvgIpc) is 2.63. The Morgan fingerprint density at radius 1 is 1.52 bits per heavy atom. The molecule has 1 aliphatic heterocycles. The number of hydrogen-bond donors (Lipinski definition) is 2. The highest BCUT2D eigenvalue weighted by molar-refractivity contribution is 5.96. The summed E-state index contributed by atoms with van der Waals surface area (Å²) in [5.74, 6) is -3.30. The van der Waals surface area contributed by atoms with Gasteiger partial charge in [-0.1, -0.05) is 12.6 Å². The van der Waals surface area contributed by atoms with E-state index in [0.717, 1.165) is 5.56 Å². The Balaban J connectivity index is 2.53. The number of nitrogens with zero attached hydrogens (tertiary/aromatic N) is 2. The molecular weight excluding hydrogens is 285 g/mol. The van der Waals surface area contributed by atoms with Gasteiger partial charge in [0.15, 0.2) is 0 Å². The minimum atomic E-state index is -5.00. The summed E-state index contributed by atoms with van der Waals surface area (Å²) in [4.78, 5) is 15.7. The maximum Gasteiger partial charge on any atom is 0.422 e. The van der Waals surface area contributed by atoms with Gasteiger partial charge < -0.3 is 10.6 Å². The summed E-state index contributed by atoms with van der Waals surface area (Å²) >= 11 is 0. The molecule has 0 aromatic carbocycles. The zero-order valence-electron chi connectivity index (χ0n) is 11.0. The second-order valence-corrected chi connectivity index (χ2v) is 4.69. The molecule has 1 amide bonds. The quantitative estimate of drug-likeness (QED) is 0.873. The number of anilines is 1. The van der Waals surface area contributed by atoms with E-state index in [4.69, 9.17) is 5.26 Å². The Morgan fingerprint density at radius 3 is 2.67 bits per heavy atom. The van der Waals surface area contributed by atoms with Crippen molar-refractivity contribution in [1.82, 2.24) is 10.3 Å². The van der Waals surface area contributed by atoms with Gasteiger partial charge in [-0.15, -0.1) is 0 Å². The SMILES string of the molecule is C=C1NC(=O)[C@](Nc2ccc(C)cn2)(C(F)(F)F)[C@@H]1C#N. The number of aromatic nitrogens is 1. The minimum absolute atomic E-state index is 0.150. The number of aryl methyl sites for hydroxylation is 1. The Labute approximate surface area is 118 Å². The van der Waals surface area contributed by atoms with Crippen molar-refractivity contribution in [2.75, 3.05) is 5.32 Å². The van der Waals surface area contributed by atoms with Crippen molar-refractivity contribution in [2.45, 2.75) is 18.6 Å². The molecule has 0 spiro atoms. The smallest absolute Gasteiger partial charge is 0.347 e. The Morgan fingerprint density at radius 2 is 2.19 bits per heavy atom. The first-order valence-electron chi connectivity index (χ1n) is 5.90. The van der Waals surface area contributed by atoms with Crippen molar-refractivity contribution < 1.29 is 18.0 Å². The average molecular weight is 296 g/mol. The van der Waals surface area contributed by atoms with Crippen LogP contribution in [0.4, 0.5) is 19.0 Å². The molecule has 5 nitrogen and oxygen atoms in total. The normalized spacial score (nSPS) is 25.4. The molecule has 0 bridgehead atoms. The van der Waals surface area contributed by atoms with Crippen molar-refractivity contribution in [3.05, 3.63) is 36.2 Å². The van der Waals surface area contributed by atoms with E-state index in [1.807, 2.05) is 5.32 Å². The van der Waals surface area contributed by atoms with E-state index < -0.39 is 23.5 Å². The van der Waals surface area contributed by atoms with Crippen molar-refractivity contribution in [3.8, 4) is 6.07 Å². The topological polar surface area (TPSA) is 77.8 Å². The number of halogens is 3. The first kappa shape index (κ1) is 14.8. The van der Waals surface area contributed by atoms with Crippen LogP contribution in [0.25, 0.3) is 0 Å². The minimum Gasteiger partial charge on any atom is -0.347 e. The standard InChI is InChI=1S/C13H11F3N4O/c1-7-3-4-10(18-6-7)20-12(13(14,15)16)9(5-17)8(2)19-11(12)21/h3-4,6,9H,2H2,1H3,(H,18,20)(H,19,21)/t9-,12+/m1/s1. The van der Waals surface area contributed by atoms with E-state index in [-0.39, 0.29) is 11.5 Å². The molecule has 1 aromatic heterocycles. The van der Waals surface area contributed by atoms with E-state index in [0.29, 0.717) is 0 Å². The molecule has 2 heterocycles. The number of carbonyl (C=O) groups is 1. The van der Waals surface area contributed by atoms with Crippen LogP contribution in [0.15, 0.2) is 30.6 Å². The van der Waals surface area contributed by atoms with Gasteiger partial charge in [0.1, 0.15) is 11.7 Å². The maximum absolute atomic E-state index is 13.5. The second-order valence-electron chi connectivity index (χ2n) is 4.69. The van der Waals surface area contributed by atoms with Gasteiger partial charge in [0, 0.05) is 11.9 Å². The van der Waals surface area contributed by atoms with Crippen molar-refractivity contribution in [2.24, 2.45) is 5.92 Å². The molecule has 0 aliphatic carbocycles. The zero-order chi connectivity index (χ0) is 15.8. The summed E-state index contributed by atoms with van der Waals surface area (Å²) in [5.41, 5.74) is -2.64. The van der Waals surface area contributed by atoms with Crippen LogP contribution in [0.1, 0.15) is 5.56 Å². The van der Waals surface area contributed by atoms with E-state index >= 15 is 0 Å². The molecule has 0 saturated carbocycles. The molecule has 2 rings (SSSR count). The fourth-order valence-electron chi connectivity index (χ4n) is 2.12. The van der Waals surface area contributed by atoms with Crippen LogP contribution in [0, 0.1) is 24.2 Å². The van der Waals surface area contributed by atoms with Gasteiger partial charge in [-0.05, 0) is 18.6 Å². The molecule has 1 fully saturated rings. The number of nitrogens with one attached hydrogen (secondary N) is 2. The third-order valence-corrected chi connectivity index (χ3v) is 3.23. The predicted octanol–water partition coefficient (Wildman–Crippen LogP) is 1.89. The highest BCUT2D eigenvalue weighted by Crippen LogP contribution is 2.44. The lowest BCUT2D eigenvalue weighted by atomic mass is 9.85. The van der Waals surface area contributed by atoms with Crippen LogP contribution < -0.4 is 10.6 Å². The number of hydrogen-bond acceptors (Lipinski definition) is 4. The van der Waals surface area contributed by atoms with E-state index in [1.165, 1.54) is 18.3 Å². The molecule has 1 saturated heterocycles. The highest BCUT2D eigenvalue weighted by Gasteiger charge is 2.69. The summed E-state index contributed by atoms with van der Waals surface area (Å²) in [6.07, 6.45) is -3.64. The summed E-state index contributed by atoms with van der Waals surface area (Å²) in [7, 11) is 0. The fourth-order valence-corrected chi connectivity index (χ4v) is 2.12. The molecule has 2 N–H and O–H groups in total.